The van der Waals surface area contributed by atoms with Crippen LogP contribution < -0.4 is 4.74 Å². The van der Waals surface area contributed by atoms with Gasteiger partial charge in [-0.3, -0.25) is 9.97 Å². The van der Waals surface area contributed by atoms with Crippen LogP contribution in [0.1, 0.15) is 22.3 Å². The van der Waals surface area contributed by atoms with E-state index in [1.165, 1.54) is 44.5 Å². The summed E-state index contributed by atoms with van der Waals surface area (Å²) in [5.41, 5.74) is 13.3. The first-order valence-electron chi connectivity index (χ1n) is 17.0. The van der Waals surface area contributed by atoms with Crippen molar-refractivity contribution in [1.29, 1.82) is 0 Å². The first-order valence-corrected chi connectivity index (χ1v) is 17.0. The molecule has 0 saturated carbocycles. The standard InChI is InChI=1S/C44H30N6O.Pt/c1-25-7-5-8-26(2)39(25)29-19-34-32-13-11-30(51-31-12-14-33-36(22-31)43-47-16-18-50(43)44-38(33)23-45-24-48-44)21-35(32)42-46-15-17-49(42)41(34)37(20-29)40-27(3)9-6-10-28(40)4;/h5-20,23-24H,1-4H3;/q-2;+2. The summed E-state index contributed by atoms with van der Waals surface area (Å²) in [6.45, 7) is 8.77. The summed E-state index contributed by atoms with van der Waals surface area (Å²) < 4.78 is 10.7. The van der Waals surface area contributed by atoms with Crippen molar-refractivity contribution in [2.45, 2.75) is 27.7 Å². The van der Waals surface area contributed by atoms with Crippen molar-refractivity contribution >= 4 is 54.8 Å². The number of aromatic nitrogens is 6. The van der Waals surface area contributed by atoms with Gasteiger partial charge in [0.05, 0.1) is 11.3 Å². The largest absolute Gasteiger partial charge is 2.00 e. The number of nitrogens with zero attached hydrogens (tertiary/aromatic N) is 6. The van der Waals surface area contributed by atoms with E-state index >= 15 is 0 Å². The van der Waals surface area contributed by atoms with E-state index in [-0.39, 0.29) is 21.1 Å². The normalized spacial score (nSPS) is 11.7. The number of fused-ring (bicyclic) bond motifs is 12. The van der Waals surface area contributed by atoms with Crippen molar-refractivity contribution in [3.8, 4) is 33.8 Å². The molecule has 0 amide bonds. The van der Waals surface area contributed by atoms with Crippen LogP contribution in [0.3, 0.4) is 0 Å². The van der Waals surface area contributed by atoms with Gasteiger partial charge in [-0.05, 0) is 78.1 Å². The van der Waals surface area contributed by atoms with Gasteiger partial charge in [-0.15, -0.1) is 12.1 Å². The van der Waals surface area contributed by atoms with Crippen LogP contribution in [0, 0.1) is 39.8 Å². The van der Waals surface area contributed by atoms with E-state index in [9.17, 15) is 0 Å². The summed E-state index contributed by atoms with van der Waals surface area (Å²) in [5.74, 6) is 1.14. The van der Waals surface area contributed by atoms with Gasteiger partial charge in [0.1, 0.15) is 12.0 Å². The van der Waals surface area contributed by atoms with Gasteiger partial charge in [0.2, 0.25) is 0 Å². The second kappa shape index (κ2) is 12.1. The topological polar surface area (TPSA) is 69.6 Å². The molecule has 5 aromatic heterocycles. The van der Waals surface area contributed by atoms with Crippen molar-refractivity contribution in [3.05, 3.63) is 144 Å². The molecule has 8 heteroatoms. The molecule has 7 nitrogen and oxygen atoms in total. The molecule has 5 aromatic carbocycles. The van der Waals surface area contributed by atoms with E-state index in [0.717, 1.165) is 54.8 Å². The number of benzene rings is 5. The molecule has 0 saturated heterocycles. The molecule has 10 rings (SSSR count). The average Bonchev–Trinajstić information content (AvgIpc) is 3.83. The van der Waals surface area contributed by atoms with Crippen LogP contribution in [0.5, 0.6) is 11.5 Å². The van der Waals surface area contributed by atoms with Crippen LogP contribution >= 0.6 is 0 Å². The zero-order chi connectivity index (χ0) is 34.4. The fourth-order valence-corrected chi connectivity index (χ4v) is 7.96. The summed E-state index contributed by atoms with van der Waals surface area (Å²) in [5, 5.41) is 5.79. The van der Waals surface area contributed by atoms with E-state index < -0.39 is 0 Å². The predicted octanol–water partition coefficient (Wildman–Crippen LogP) is 10.3. The summed E-state index contributed by atoms with van der Waals surface area (Å²) in [7, 11) is 0. The number of ether oxygens (including phenoxy) is 1. The number of aryl methyl sites for hydroxylation is 4. The molecule has 0 radical (unpaired) electrons. The fraction of sp³-hybridized carbons (Fsp3) is 0.0909. The molecular formula is C44H30N6OPt. The molecular weight excluding hydrogens is 824 g/mol. The van der Waals surface area contributed by atoms with E-state index in [0.29, 0.717) is 11.5 Å². The molecule has 5 heterocycles. The molecule has 0 N–H and O–H groups in total. The maximum atomic E-state index is 6.50. The van der Waals surface area contributed by atoms with Gasteiger partial charge >= 0.3 is 21.1 Å². The summed E-state index contributed by atoms with van der Waals surface area (Å²) >= 11 is 0. The Morgan fingerprint density at radius 3 is 1.81 bits per heavy atom. The van der Waals surface area contributed by atoms with E-state index in [4.69, 9.17) is 9.72 Å². The number of rotatable bonds is 4. The monoisotopic (exact) mass is 853 g/mol. The number of hydrogen-bond acceptors (Lipinski definition) is 5. The zero-order valence-electron chi connectivity index (χ0n) is 28.8. The Hall–Kier alpha value is -5.91. The maximum Gasteiger partial charge on any atom is 2.00 e. The Bertz CT molecular complexity index is 3030. The Labute approximate surface area is 313 Å². The van der Waals surface area contributed by atoms with Crippen LogP contribution in [-0.2, 0) is 21.1 Å². The molecule has 0 aliphatic carbocycles. The Kier molecular flexibility index (Phi) is 7.46. The summed E-state index contributed by atoms with van der Waals surface area (Å²) in [6.07, 6.45) is 11.0. The van der Waals surface area contributed by atoms with Crippen LogP contribution in [-0.4, -0.2) is 28.7 Å². The Balaban J connectivity index is 0.00000360. The van der Waals surface area contributed by atoms with E-state index in [1.807, 2.05) is 41.2 Å². The molecule has 0 spiro atoms. The van der Waals surface area contributed by atoms with Gasteiger partial charge in [0.25, 0.3) is 0 Å². The average molecular weight is 854 g/mol. The Morgan fingerprint density at radius 1 is 0.577 bits per heavy atom. The molecule has 0 bridgehead atoms. The number of hydrogen-bond donors (Lipinski definition) is 0. The summed E-state index contributed by atoms with van der Waals surface area (Å²) in [6, 6.07) is 32.9. The molecule has 252 valence electrons. The third-order valence-electron chi connectivity index (χ3n) is 10.2. The third-order valence-corrected chi connectivity index (χ3v) is 10.2. The maximum absolute atomic E-state index is 6.50. The molecule has 0 aliphatic heterocycles. The molecule has 10 aromatic rings. The minimum absolute atomic E-state index is 0. The van der Waals surface area contributed by atoms with Crippen molar-refractivity contribution in [3.63, 3.8) is 0 Å². The van der Waals surface area contributed by atoms with Crippen LogP contribution in [0.25, 0.3) is 77.0 Å². The second-order valence-electron chi connectivity index (χ2n) is 13.3. The van der Waals surface area contributed by atoms with Crippen molar-refractivity contribution in [2.24, 2.45) is 0 Å². The third kappa shape index (κ3) is 4.76. The van der Waals surface area contributed by atoms with Gasteiger partial charge < -0.3 is 13.5 Å². The van der Waals surface area contributed by atoms with Crippen LogP contribution in [0.4, 0.5) is 0 Å². The minimum atomic E-state index is 0. The predicted molar refractivity (Wildman–Crippen MR) is 204 cm³/mol. The van der Waals surface area contributed by atoms with Gasteiger partial charge in [-0.25, -0.2) is 9.97 Å². The van der Waals surface area contributed by atoms with Gasteiger partial charge in [-0.2, -0.15) is 0 Å². The van der Waals surface area contributed by atoms with Gasteiger partial charge in [-0.1, -0.05) is 88.3 Å². The van der Waals surface area contributed by atoms with Gasteiger partial charge in [0.15, 0.2) is 0 Å². The zero-order valence-corrected chi connectivity index (χ0v) is 31.1. The van der Waals surface area contributed by atoms with Crippen molar-refractivity contribution < 1.29 is 25.8 Å². The molecule has 52 heavy (non-hydrogen) atoms. The van der Waals surface area contributed by atoms with Crippen LogP contribution in [0.15, 0.2) is 110 Å². The van der Waals surface area contributed by atoms with E-state index in [1.54, 1.807) is 12.5 Å². The second-order valence-corrected chi connectivity index (χ2v) is 13.3. The van der Waals surface area contributed by atoms with Crippen molar-refractivity contribution in [1.82, 2.24) is 28.7 Å². The SMILES string of the molecule is Cc1cccc(C)c1-c1cc(-c2c(C)cccc2C)c2c(c1)c1ccc(Oc3[c-]c4c(cc3)c3cncnc3n3ccnc43)[c-]c1c1nccn12.[Pt+2]. The number of pyridine rings is 2. The molecule has 0 unspecified atom stereocenters. The minimum Gasteiger partial charge on any atom is -0.497 e. The first kappa shape index (κ1) is 32.0. The smallest absolute Gasteiger partial charge is 0.497 e. The quantitative estimate of drug-likeness (QED) is 0.130. The van der Waals surface area contributed by atoms with E-state index in [2.05, 4.69) is 120 Å². The van der Waals surface area contributed by atoms with Gasteiger partial charge in [0, 0.05) is 58.9 Å². The number of imidazole rings is 2. The summed E-state index contributed by atoms with van der Waals surface area (Å²) in [4.78, 5) is 18.3. The Morgan fingerprint density at radius 2 is 1.15 bits per heavy atom. The molecule has 0 atom stereocenters. The van der Waals surface area contributed by atoms with Crippen LogP contribution in [0.2, 0.25) is 0 Å². The molecule has 0 aliphatic rings. The van der Waals surface area contributed by atoms with Crippen molar-refractivity contribution in [2.75, 3.05) is 0 Å². The first-order chi connectivity index (χ1) is 24.9. The molecule has 0 fully saturated rings. The fourth-order valence-electron chi connectivity index (χ4n) is 7.96.